The molecule has 1 atom stereocenters. The fraction of sp³-hybridized carbons (Fsp3) is 0.312. The van der Waals surface area contributed by atoms with Gasteiger partial charge in [0, 0.05) is 24.5 Å². The highest BCUT2D eigenvalue weighted by atomic mass is 16.5. The molecule has 19 heavy (non-hydrogen) atoms. The van der Waals surface area contributed by atoms with Crippen LogP contribution in [-0.2, 0) is 0 Å². The molecule has 0 saturated heterocycles. The van der Waals surface area contributed by atoms with Crippen LogP contribution in [0.2, 0.25) is 0 Å². The number of ether oxygens (including phenoxy) is 1. The molecule has 2 aromatic rings. The van der Waals surface area contributed by atoms with Gasteiger partial charge in [-0.05, 0) is 29.7 Å². The maximum absolute atomic E-state index is 5.98. The second kappa shape index (κ2) is 6.34. The Hall–Kier alpha value is -1.87. The molecule has 100 valence electrons. The molecule has 0 aliphatic rings. The van der Waals surface area contributed by atoms with Crippen LogP contribution in [0.4, 0.5) is 0 Å². The van der Waals surface area contributed by atoms with E-state index in [-0.39, 0.29) is 6.10 Å². The summed E-state index contributed by atoms with van der Waals surface area (Å²) in [7, 11) is 0. The van der Waals surface area contributed by atoms with Gasteiger partial charge in [-0.3, -0.25) is 4.98 Å². The second-order valence-electron chi connectivity index (χ2n) is 4.86. The third-order valence-electron chi connectivity index (χ3n) is 3.07. The smallest absolute Gasteiger partial charge is 0.137 e. The predicted octanol–water partition coefficient (Wildman–Crippen LogP) is 3.28. The first-order valence-electron chi connectivity index (χ1n) is 6.57. The number of rotatable bonds is 5. The number of hydrogen-bond acceptors (Lipinski definition) is 3. The Morgan fingerprint density at radius 1 is 1.16 bits per heavy atom. The van der Waals surface area contributed by atoms with E-state index in [4.69, 9.17) is 10.5 Å². The van der Waals surface area contributed by atoms with Crippen LogP contribution in [0.5, 0.6) is 5.75 Å². The van der Waals surface area contributed by atoms with E-state index in [0.29, 0.717) is 12.5 Å². The molecule has 1 unspecified atom stereocenters. The molecule has 0 radical (unpaired) electrons. The van der Waals surface area contributed by atoms with E-state index in [1.54, 1.807) is 12.4 Å². The number of aromatic nitrogens is 1. The third-order valence-corrected chi connectivity index (χ3v) is 3.07. The van der Waals surface area contributed by atoms with E-state index in [1.807, 2.05) is 24.3 Å². The van der Waals surface area contributed by atoms with Crippen molar-refractivity contribution in [3.05, 3.63) is 59.9 Å². The number of hydrogen-bond donors (Lipinski definition) is 1. The minimum absolute atomic E-state index is 0.156. The maximum atomic E-state index is 5.98. The van der Waals surface area contributed by atoms with Gasteiger partial charge < -0.3 is 10.5 Å². The van der Waals surface area contributed by atoms with Gasteiger partial charge in [0.25, 0.3) is 0 Å². The van der Waals surface area contributed by atoms with Gasteiger partial charge in [-0.15, -0.1) is 0 Å². The van der Waals surface area contributed by atoms with Crippen LogP contribution in [0, 0.1) is 0 Å². The molecule has 1 aromatic heterocycles. The third kappa shape index (κ3) is 3.55. The molecule has 0 bridgehead atoms. The Kier molecular flexibility index (Phi) is 4.53. The first-order chi connectivity index (χ1) is 9.20. The Bertz CT molecular complexity index is 511. The first-order valence-corrected chi connectivity index (χ1v) is 6.57. The maximum Gasteiger partial charge on any atom is 0.137 e. The van der Waals surface area contributed by atoms with Gasteiger partial charge in [-0.25, -0.2) is 0 Å². The fourth-order valence-electron chi connectivity index (χ4n) is 1.93. The van der Waals surface area contributed by atoms with Gasteiger partial charge in [0.15, 0.2) is 0 Å². The number of benzene rings is 1. The summed E-state index contributed by atoms with van der Waals surface area (Å²) in [5.74, 6) is 1.34. The SMILES string of the molecule is CC(C)c1cccc(OC(CN)c2cccnc2)c1. The molecule has 2 rings (SSSR count). The number of nitrogens with two attached hydrogens (primary N) is 1. The molecule has 3 nitrogen and oxygen atoms in total. The lowest BCUT2D eigenvalue weighted by molar-refractivity contribution is 0.213. The Labute approximate surface area is 114 Å². The minimum atomic E-state index is -0.156. The van der Waals surface area contributed by atoms with Crippen molar-refractivity contribution in [2.24, 2.45) is 5.73 Å². The molecule has 0 spiro atoms. The number of nitrogens with zero attached hydrogens (tertiary/aromatic N) is 1. The average molecular weight is 256 g/mol. The van der Waals surface area contributed by atoms with Crippen LogP contribution in [0.25, 0.3) is 0 Å². The van der Waals surface area contributed by atoms with Crippen molar-refractivity contribution in [1.29, 1.82) is 0 Å². The summed E-state index contributed by atoms with van der Waals surface area (Å²) in [4.78, 5) is 4.11. The zero-order valence-electron chi connectivity index (χ0n) is 11.4. The minimum Gasteiger partial charge on any atom is -0.484 e. The molecule has 0 saturated carbocycles. The standard InChI is InChI=1S/C16H20N2O/c1-12(2)13-5-3-7-15(9-13)19-16(10-17)14-6-4-8-18-11-14/h3-9,11-12,16H,10,17H2,1-2H3. The lowest BCUT2D eigenvalue weighted by Gasteiger charge is -2.18. The lowest BCUT2D eigenvalue weighted by atomic mass is 10.0. The highest BCUT2D eigenvalue weighted by Gasteiger charge is 2.12. The molecule has 0 fully saturated rings. The van der Waals surface area contributed by atoms with Crippen molar-refractivity contribution >= 4 is 0 Å². The van der Waals surface area contributed by atoms with Gasteiger partial charge in [-0.2, -0.15) is 0 Å². The summed E-state index contributed by atoms with van der Waals surface area (Å²) in [6.07, 6.45) is 3.39. The quantitative estimate of drug-likeness (QED) is 0.893. The highest BCUT2D eigenvalue weighted by molar-refractivity contribution is 5.31. The summed E-state index contributed by atoms with van der Waals surface area (Å²) in [5, 5.41) is 0. The molecule has 0 aliphatic carbocycles. The summed E-state index contributed by atoms with van der Waals surface area (Å²) in [5.41, 5.74) is 8.06. The van der Waals surface area contributed by atoms with Crippen LogP contribution in [-0.4, -0.2) is 11.5 Å². The van der Waals surface area contributed by atoms with Crippen LogP contribution in [0.1, 0.15) is 37.0 Å². The molecule has 2 N–H and O–H groups in total. The molecule has 0 aliphatic heterocycles. The van der Waals surface area contributed by atoms with Crippen molar-refractivity contribution < 1.29 is 4.74 Å². The molecule has 1 aromatic carbocycles. The van der Waals surface area contributed by atoms with E-state index in [1.165, 1.54) is 5.56 Å². The summed E-state index contributed by atoms with van der Waals surface area (Å²) in [6.45, 7) is 4.76. The van der Waals surface area contributed by atoms with Crippen molar-refractivity contribution in [1.82, 2.24) is 4.98 Å². The number of pyridine rings is 1. The van der Waals surface area contributed by atoms with E-state index in [0.717, 1.165) is 11.3 Å². The topological polar surface area (TPSA) is 48.1 Å². The average Bonchev–Trinajstić information content (AvgIpc) is 2.46. The van der Waals surface area contributed by atoms with Crippen molar-refractivity contribution in [2.75, 3.05) is 6.54 Å². The predicted molar refractivity (Wildman–Crippen MR) is 77.2 cm³/mol. The van der Waals surface area contributed by atoms with Gasteiger partial charge in [0.1, 0.15) is 11.9 Å². The van der Waals surface area contributed by atoms with Gasteiger partial charge in [0.2, 0.25) is 0 Å². The Morgan fingerprint density at radius 2 is 1.95 bits per heavy atom. The van der Waals surface area contributed by atoms with Crippen molar-refractivity contribution in [3.8, 4) is 5.75 Å². The normalized spacial score (nSPS) is 12.4. The second-order valence-corrected chi connectivity index (χ2v) is 4.86. The van der Waals surface area contributed by atoms with E-state index in [2.05, 4.69) is 31.0 Å². The molecule has 1 heterocycles. The summed E-state index contributed by atoms with van der Waals surface area (Å²) < 4.78 is 5.98. The van der Waals surface area contributed by atoms with E-state index < -0.39 is 0 Å². The zero-order valence-corrected chi connectivity index (χ0v) is 11.4. The van der Waals surface area contributed by atoms with Gasteiger partial charge in [-0.1, -0.05) is 32.0 Å². The largest absolute Gasteiger partial charge is 0.484 e. The molecule has 3 heteroatoms. The molecule has 0 amide bonds. The van der Waals surface area contributed by atoms with Gasteiger partial charge >= 0.3 is 0 Å². The summed E-state index contributed by atoms with van der Waals surface area (Å²) in [6, 6.07) is 12.0. The molecular weight excluding hydrogens is 236 g/mol. The zero-order chi connectivity index (χ0) is 13.7. The lowest BCUT2D eigenvalue weighted by Crippen LogP contribution is -2.18. The first kappa shape index (κ1) is 13.6. The van der Waals surface area contributed by atoms with Crippen LogP contribution in [0.3, 0.4) is 0 Å². The molecular formula is C16H20N2O. The van der Waals surface area contributed by atoms with Crippen molar-refractivity contribution in [2.45, 2.75) is 25.9 Å². The fourth-order valence-corrected chi connectivity index (χ4v) is 1.93. The Balaban J connectivity index is 2.17. The van der Waals surface area contributed by atoms with Gasteiger partial charge in [0.05, 0.1) is 0 Å². The van der Waals surface area contributed by atoms with E-state index >= 15 is 0 Å². The summed E-state index contributed by atoms with van der Waals surface area (Å²) >= 11 is 0. The van der Waals surface area contributed by atoms with Crippen molar-refractivity contribution in [3.63, 3.8) is 0 Å². The van der Waals surface area contributed by atoms with Crippen LogP contribution < -0.4 is 10.5 Å². The van der Waals surface area contributed by atoms with E-state index in [9.17, 15) is 0 Å². The highest BCUT2D eigenvalue weighted by Crippen LogP contribution is 2.24. The monoisotopic (exact) mass is 256 g/mol. The Morgan fingerprint density at radius 3 is 2.58 bits per heavy atom. The van der Waals surface area contributed by atoms with Crippen LogP contribution >= 0.6 is 0 Å². The van der Waals surface area contributed by atoms with Crippen LogP contribution in [0.15, 0.2) is 48.8 Å².